The molecule has 2 heterocycles. The molecule has 1 unspecified atom stereocenters. The molecule has 0 saturated heterocycles. The van der Waals surface area contributed by atoms with Gasteiger partial charge in [-0.2, -0.15) is 5.10 Å². The van der Waals surface area contributed by atoms with Crippen LogP contribution in [0.3, 0.4) is 0 Å². The number of aromatic nitrogens is 3. The van der Waals surface area contributed by atoms with Crippen molar-refractivity contribution in [3.05, 3.63) is 36.9 Å². The minimum atomic E-state index is -1.03. The third kappa shape index (κ3) is 3.55. The van der Waals surface area contributed by atoms with Crippen LogP contribution in [0.2, 0.25) is 0 Å². The number of aliphatic hydroxyl groups excluding tert-OH is 1. The monoisotopic (exact) mass is 276 g/mol. The van der Waals surface area contributed by atoms with Gasteiger partial charge in [-0.15, -0.1) is 0 Å². The molecule has 0 bridgehead atoms. The molecule has 0 aliphatic heterocycles. The minimum absolute atomic E-state index is 0.424. The van der Waals surface area contributed by atoms with Gasteiger partial charge in [-0.1, -0.05) is 0 Å². The van der Waals surface area contributed by atoms with Gasteiger partial charge < -0.3 is 14.7 Å². The lowest BCUT2D eigenvalue weighted by atomic mass is 10.2. The number of nitrogens with zero attached hydrogens (tertiary/aromatic N) is 4. The summed E-state index contributed by atoms with van der Waals surface area (Å²) in [4.78, 5) is 5.67. The van der Waals surface area contributed by atoms with Crippen molar-refractivity contribution < 1.29 is 9.84 Å². The van der Waals surface area contributed by atoms with Crippen LogP contribution >= 0.6 is 0 Å². The Bertz CT molecular complexity index is 548. The SMILES string of the molecule is CN(c1cnn(-c2cccnc2)c1)C(O)OC(C)(C)C. The van der Waals surface area contributed by atoms with Crippen LogP contribution in [-0.2, 0) is 4.74 Å². The number of aliphatic hydroxyl groups is 1. The lowest BCUT2D eigenvalue weighted by molar-refractivity contribution is -0.162. The fraction of sp³-hybridized carbons (Fsp3) is 0.429. The summed E-state index contributed by atoms with van der Waals surface area (Å²) in [5.74, 6) is 0. The van der Waals surface area contributed by atoms with Crippen LogP contribution in [0.4, 0.5) is 5.69 Å². The van der Waals surface area contributed by atoms with E-state index < -0.39 is 12.0 Å². The fourth-order valence-electron chi connectivity index (χ4n) is 1.65. The molecule has 1 N–H and O–H groups in total. The highest BCUT2D eigenvalue weighted by molar-refractivity contribution is 5.44. The molecule has 0 saturated carbocycles. The first-order valence-corrected chi connectivity index (χ1v) is 6.40. The van der Waals surface area contributed by atoms with Crippen molar-refractivity contribution in [2.24, 2.45) is 0 Å². The van der Waals surface area contributed by atoms with Crippen LogP contribution in [-0.4, -0.2) is 38.9 Å². The number of hydrogen-bond acceptors (Lipinski definition) is 5. The molecule has 0 aliphatic carbocycles. The van der Waals surface area contributed by atoms with Crippen LogP contribution in [0.25, 0.3) is 5.69 Å². The molecule has 108 valence electrons. The second kappa shape index (κ2) is 5.60. The van der Waals surface area contributed by atoms with Crippen molar-refractivity contribution in [1.82, 2.24) is 14.8 Å². The van der Waals surface area contributed by atoms with Crippen molar-refractivity contribution in [2.75, 3.05) is 11.9 Å². The maximum atomic E-state index is 10.0. The molecule has 0 aliphatic rings. The van der Waals surface area contributed by atoms with Gasteiger partial charge >= 0.3 is 0 Å². The molecule has 2 aromatic heterocycles. The van der Waals surface area contributed by atoms with Gasteiger partial charge in [-0.05, 0) is 32.9 Å². The molecule has 20 heavy (non-hydrogen) atoms. The lowest BCUT2D eigenvalue weighted by Gasteiger charge is -2.30. The minimum Gasteiger partial charge on any atom is -0.351 e. The third-order valence-corrected chi connectivity index (χ3v) is 2.68. The summed E-state index contributed by atoms with van der Waals surface area (Å²) < 4.78 is 7.20. The molecule has 0 spiro atoms. The zero-order valence-electron chi connectivity index (χ0n) is 12.2. The number of hydrogen-bond donors (Lipinski definition) is 1. The van der Waals surface area contributed by atoms with Crippen molar-refractivity contribution in [2.45, 2.75) is 32.8 Å². The van der Waals surface area contributed by atoms with E-state index in [1.54, 1.807) is 35.2 Å². The molecular weight excluding hydrogens is 256 g/mol. The summed E-state index contributed by atoms with van der Waals surface area (Å²) in [5.41, 5.74) is 1.19. The zero-order chi connectivity index (χ0) is 14.8. The van der Waals surface area contributed by atoms with Crippen LogP contribution < -0.4 is 4.90 Å². The van der Waals surface area contributed by atoms with Crippen molar-refractivity contribution in [3.8, 4) is 5.69 Å². The Kier molecular flexibility index (Phi) is 4.06. The van der Waals surface area contributed by atoms with Crippen molar-refractivity contribution in [1.29, 1.82) is 0 Å². The first-order valence-electron chi connectivity index (χ1n) is 6.40. The summed E-state index contributed by atoms with van der Waals surface area (Å²) in [6.45, 7) is 5.68. The van der Waals surface area contributed by atoms with Gasteiger partial charge in [0.1, 0.15) is 0 Å². The standard InChI is InChI=1S/C14H20N4O2/c1-14(2,3)20-13(19)17(4)12-9-16-18(10-12)11-6-5-7-15-8-11/h5-10,13,19H,1-4H3. The van der Waals surface area contributed by atoms with E-state index in [4.69, 9.17) is 4.74 Å². The van der Waals surface area contributed by atoms with Crippen LogP contribution in [0.5, 0.6) is 0 Å². The first-order chi connectivity index (χ1) is 9.37. The molecule has 0 fully saturated rings. The average molecular weight is 276 g/mol. The number of rotatable bonds is 4. The van der Waals surface area contributed by atoms with Crippen LogP contribution in [0, 0.1) is 0 Å². The van der Waals surface area contributed by atoms with E-state index in [1.165, 1.54) is 0 Å². The molecule has 0 aromatic carbocycles. The average Bonchev–Trinajstić information content (AvgIpc) is 2.86. The Morgan fingerprint density at radius 1 is 1.35 bits per heavy atom. The van der Waals surface area contributed by atoms with Crippen molar-refractivity contribution in [3.63, 3.8) is 0 Å². The van der Waals surface area contributed by atoms with E-state index in [1.807, 2.05) is 39.1 Å². The quantitative estimate of drug-likeness (QED) is 0.863. The normalized spacial score (nSPS) is 13.2. The molecule has 0 amide bonds. The predicted octanol–water partition coefficient (Wildman–Crippen LogP) is 1.79. The summed E-state index contributed by atoms with van der Waals surface area (Å²) in [5, 5.41) is 14.3. The van der Waals surface area contributed by atoms with Crippen LogP contribution in [0.1, 0.15) is 20.8 Å². The van der Waals surface area contributed by atoms with E-state index >= 15 is 0 Å². The Hall–Kier alpha value is -1.92. The van der Waals surface area contributed by atoms with Gasteiger partial charge in [0.15, 0.2) is 0 Å². The second-order valence-electron chi connectivity index (χ2n) is 5.52. The number of anilines is 1. The lowest BCUT2D eigenvalue weighted by Crippen LogP contribution is -2.39. The summed E-state index contributed by atoms with van der Waals surface area (Å²) in [6, 6.07) is 3.75. The largest absolute Gasteiger partial charge is 0.351 e. The van der Waals surface area contributed by atoms with E-state index in [-0.39, 0.29) is 0 Å². The highest BCUT2D eigenvalue weighted by Gasteiger charge is 2.21. The Labute approximate surface area is 118 Å². The molecule has 0 radical (unpaired) electrons. The van der Waals surface area contributed by atoms with Gasteiger partial charge in [0.25, 0.3) is 0 Å². The van der Waals surface area contributed by atoms with Gasteiger partial charge in [0.2, 0.25) is 6.41 Å². The smallest absolute Gasteiger partial charge is 0.238 e. The highest BCUT2D eigenvalue weighted by atomic mass is 16.6. The second-order valence-corrected chi connectivity index (χ2v) is 5.52. The van der Waals surface area contributed by atoms with Crippen LogP contribution in [0.15, 0.2) is 36.9 Å². The van der Waals surface area contributed by atoms with E-state index in [2.05, 4.69) is 10.1 Å². The molecule has 6 heteroatoms. The molecule has 6 nitrogen and oxygen atoms in total. The number of pyridine rings is 1. The summed E-state index contributed by atoms with van der Waals surface area (Å²) in [6.07, 6.45) is 5.88. The van der Waals surface area contributed by atoms with Crippen molar-refractivity contribution >= 4 is 5.69 Å². The maximum absolute atomic E-state index is 10.0. The van der Waals surface area contributed by atoms with Gasteiger partial charge in [0.05, 0.1) is 35.6 Å². The highest BCUT2D eigenvalue weighted by Crippen LogP contribution is 2.19. The van der Waals surface area contributed by atoms with E-state index in [0.29, 0.717) is 0 Å². The van der Waals surface area contributed by atoms with Gasteiger partial charge in [-0.3, -0.25) is 4.98 Å². The van der Waals surface area contributed by atoms with E-state index in [0.717, 1.165) is 11.4 Å². The molecule has 2 aromatic rings. The molecule has 1 atom stereocenters. The van der Waals surface area contributed by atoms with Gasteiger partial charge in [-0.25, -0.2) is 4.68 Å². The predicted molar refractivity (Wildman–Crippen MR) is 76.6 cm³/mol. The molecular formula is C14H20N4O2. The fourth-order valence-corrected chi connectivity index (χ4v) is 1.65. The summed E-state index contributed by atoms with van der Waals surface area (Å²) >= 11 is 0. The maximum Gasteiger partial charge on any atom is 0.238 e. The van der Waals surface area contributed by atoms with Gasteiger partial charge in [0, 0.05) is 13.2 Å². The topological polar surface area (TPSA) is 63.4 Å². The Balaban J connectivity index is 2.12. The summed E-state index contributed by atoms with van der Waals surface area (Å²) in [7, 11) is 1.75. The molecule has 2 rings (SSSR count). The van der Waals surface area contributed by atoms with E-state index in [9.17, 15) is 5.11 Å². The third-order valence-electron chi connectivity index (χ3n) is 2.68. The first kappa shape index (κ1) is 14.5. The number of ether oxygens (including phenoxy) is 1. The Morgan fingerprint density at radius 2 is 2.10 bits per heavy atom. The zero-order valence-corrected chi connectivity index (χ0v) is 12.2. The Morgan fingerprint density at radius 3 is 2.70 bits per heavy atom.